The van der Waals surface area contributed by atoms with Crippen molar-refractivity contribution < 1.29 is 26.3 Å². The molecule has 0 atom stereocenters. The summed E-state index contributed by atoms with van der Waals surface area (Å²) in [5.74, 6) is -0.00605. The number of piperidine rings is 1. The molecule has 3 heterocycles. The van der Waals surface area contributed by atoms with Crippen molar-refractivity contribution in [3.8, 4) is 11.3 Å². The number of nitrogens with zero attached hydrogens (tertiary/aromatic N) is 4. The van der Waals surface area contributed by atoms with Crippen molar-refractivity contribution in [2.45, 2.75) is 37.8 Å². The van der Waals surface area contributed by atoms with E-state index in [0.29, 0.717) is 10.9 Å². The van der Waals surface area contributed by atoms with Crippen LogP contribution in [0.2, 0.25) is 0 Å². The van der Waals surface area contributed by atoms with Crippen LogP contribution in [0.3, 0.4) is 0 Å². The Hall–Kier alpha value is -2.37. The monoisotopic (exact) mass is 394 g/mol. The van der Waals surface area contributed by atoms with Gasteiger partial charge in [-0.05, 0) is 25.9 Å². The third-order valence-corrected chi connectivity index (χ3v) is 4.01. The lowest BCUT2D eigenvalue weighted by Gasteiger charge is -2.24. The van der Waals surface area contributed by atoms with Crippen LogP contribution in [0.4, 0.5) is 32.3 Å². The SMILES string of the molecule is FC(F)(F)Cn1cc(-c2nc(NC3CCNCC3)ncc2C(F)(F)F)cn1. The molecule has 0 amide bonds. The van der Waals surface area contributed by atoms with Gasteiger partial charge in [-0.1, -0.05) is 0 Å². The van der Waals surface area contributed by atoms with Crippen molar-refractivity contribution in [2.75, 3.05) is 18.4 Å². The van der Waals surface area contributed by atoms with Gasteiger partial charge >= 0.3 is 12.4 Å². The summed E-state index contributed by atoms with van der Waals surface area (Å²) >= 11 is 0. The number of hydrogen-bond acceptors (Lipinski definition) is 5. The number of aromatic nitrogens is 4. The molecule has 3 rings (SSSR count). The zero-order valence-corrected chi connectivity index (χ0v) is 13.9. The minimum Gasteiger partial charge on any atom is -0.351 e. The highest BCUT2D eigenvalue weighted by atomic mass is 19.4. The molecule has 2 aromatic rings. The summed E-state index contributed by atoms with van der Waals surface area (Å²) in [4.78, 5) is 7.64. The zero-order valence-electron chi connectivity index (χ0n) is 13.9. The maximum Gasteiger partial charge on any atom is 0.419 e. The molecular formula is C15H16F6N6. The Morgan fingerprint density at radius 2 is 1.81 bits per heavy atom. The summed E-state index contributed by atoms with van der Waals surface area (Å²) < 4.78 is 77.8. The highest BCUT2D eigenvalue weighted by Gasteiger charge is 2.36. The summed E-state index contributed by atoms with van der Waals surface area (Å²) in [5.41, 5.74) is -1.81. The summed E-state index contributed by atoms with van der Waals surface area (Å²) in [6.45, 7) is 0.115. The van der Waals surface area contributed by atoms with Crippen LogP contribution in [0.25, 0.3) is 11.3 Å². The van der Waals surface area contributed by atoms with Gasteiger partial charge in [0, 0.05) is 24.0 Å². The van der Waals surface area contributed by atoms with E-state index in [1.807, 2.05) is 0 Å². The third-order valence-electron chi connectivity index (χ3n) is 4.01. The number of nitrogens with one attached hydrogen (secondary N) is 2. The summed E-state index contributed by atoms with van der Waals surface area (Å²) in [5, 5.41) is 9.62. The average Bonchev–Trinajstić information content (AvgIpc) is 3.01. The highest BCUT2D eigenvalue weighted by Crippen LogP contribution is 2.36. The Labute approximate surface area is 150 Å². The lowest BCUT2D eigenvalue weighted by molar-refractivity contribution is -0.142. The van der Waals surface area contributed by atoms with Crippen LogP contribution < -0.4 is 10.6 Å². The maximum absolute atomic E-state index is 13.3. The van der Waals surface area contributed by atoms with Gasteiger partial charge in [-0.25, -0.2) is 9.97 Å². The highest BCUT2D eigenvalue weighted by molar-refractivity contribution is 5.63. The van der Waals surface area contributed by atoms with Crippen molar-refractivity contribution in [3.63, 3.8) is 0 Å². The van der Waals surface area contributed by atoms with E-state index in [4.69, 9.17) is 0 Å². The molecule has 1 aliphatic heterocycles. The van der Waals surface area contributed by atoms with Gasteiger partial charge in [0.05, 0.1) is 11.9 Å². The first-order valence-corrected chi connectivity index (χ1v) is 8.13. The van der Waals surface area contributed by atoms with Crippen LogP contribution in [-0.2, 0) is 12.7 Å². The van der Waals surface area contributed by atoms with Crippen LogP contribution in [0, 0.1) is 0 Å². The number of hydrogen-bond donors (Lipinski definition) is 2. The van der Waals surface area contributed by atoms with E-state index >= 15 is 0 Å². The van der Waals surface area contributed by atoms with E-state index in [2.05, 4.69) is 25.7 Å². The minimum atomic E-state index is -4.76. The maximum atomic E-state index is 13.3. The third kappa shape index (κ3) is 5.08. The van der Waals surface area contributed by atoms with Crippen molar-refractivity contribution in [3.05, 3.63) is 24.2 Å². The number of anilines is 1. The first-order chi connectivity index (χ1) is 12.6. The van der Waals surface area contributed by atoms with Crippen molar-refractivity contribution in [2.24, 2.45) is 0 Å². The molecule has 0 spiro atoms. The second-order valence-electron chi connectivity index (χ2n) is 6.16. The van der Waals surface area contributed by atoms with Gasteiger partial charge in [-0.15, -0.1) is 0 Å². The number of halogens is 6. The quantitative estimate of drug-likeness (QED) is 0.781. The molecule has 148 valence electrons. The van der Waals surface area contributed by atoms with Gasteiger partial charge in [0.25, 0.3) is 0 Å². The van der Waals surface area contributed by atoms with Gasteiger partial charge in [0.1, 0.15) is 12.1 Å². The second kappa shape index (κ2) is 7.33. The van der Waals surface area contributed by atoms with Crippen molar-refractivity contribution >= 4 is 5.95 Å². The first kappa shape index (κ1) is 19.4. The van der Waals surface area contributed by atoms with E-state index in [9.17, 15) is 26.3 Å². The van der Waals surface area contributed by atoms with E-state index in [0.717, 1.165) is 38.3 Å². The van der Waals surface area contributed by atoms with Crippen molar-refractivity contribution in [1.29, 1.82) is 0 Å². The zero-order chi connectivity index (χ0) is 19.7. The molecule has 0 saturated carbocycles. The molecule has 6 nitrogen and oxygen atoms in total. The van der Waals surface area contributed by atoms with Gasteiger partial charge in [0.15, 0.2) is 0 Å². The molecule has 0 radical (unpaired) electrons. The largest absolute Gasteiger partial charge is 0.419 e. The topological polar surface area (TPSA) is 67.7 Å². The number of alkyl halides is 6. The van der Waals surface area contributed by atoms with E-state index < -0.39 is 30.2 Å². The minimum absolute atomic E-state index is 0.00351. The second-order valence-corrected chi connectivity index (χ2v) is 6.16. The fourth-order valence-electron chi connectivity index (χ4n) is 2.78. The van der Waals surface area contributed by atoms with Gasteiger partial charge in [-0.3, -0.25) is 4.68 Å². The fourth-order valence-corrected chi connectivity index (χ4v) is 2.78. The molecule has 27 heavy (non-hydrogen) atoms. The first-order valence-electron chi connectivity index (χ1n) is 8.13. The molecule has 0 aliphatic carbocycles. The number of rotatable bonds is 4. The van der Waals surface area contributed by atoms with Crippen LogP contribution in [-0.4, -0.2) is 45.1 Å². The smallest absolute Gasteiger partial charge is 0.351 e. The Balaban J connectivity index is 1.92. The molecule has 0 aromatic carbocycles. The Bertz CT molecular complexity index is 778. The Morgan fingerprint density at radius 3 is 2.44 bits per heavy atom. The summed E-state index contributed by atoms with van der Waals surface area (Å²) in [6, 6.07) is 0.00351. The summed E-state index contributed by atoms with van der Waals surface area (Å²) in [6.07, 6.45) is -5.34. The molecule has 2 aromatic heterocycles. The fraction of sp³-hybridized carbons (Fsp3) is 0.533. The van der Waals surface area contributed by atoms with E-state index in [1.54, 1.807) is 0 Å². The van der Waals surface area contributed by atoms with Crippen molar-refractivity contribution in [1.82, 2.24) is 25.1 Å². The predicted molar refractivity (Wildman–Crippen MR) is 83.8 cm³/mol. The Kier molecular flexibility index (Phi) is 5.27. The lowest BCUT2D eigenvalue weighted by Crippen LogP contribution is -2.35. The average molecular weight is 394 g/mol. The van der Waals surface area contributed by atoms with E-state index in [-0.39, 0.29) is 17.6 Å². The van der Waals surface area contributed by atoms with Crippen LogP contribution in [0.15, 0.2) is 18.6 Å². The van der Waals surface area contributed by atoms with Crippen LogP contribution in [0.1, 0.15) is 18.4 Å². The lowest BCUT2D eigenvalue weighted by atomic mass is 10.1. The molecule has 1 saturated heterocycles. The molecule has 2 N–H and O–H groups in total. The van der Waals surface area contributed by atoms with Gasteiger partial charge in [-0.2, -0.15) is 31.4 Å². The van der Waals surface area contributed by atoms with Gasteiger partial charge in [0.2, 0.25) is 5.95 Å². The van der Waals surface area contributed by atoms with Gasteiger partial charge < -0.3 is 10.6 Å². The molecule has 0 bridgehead atoms. The molecule has 1 aliphatic rings. The normalized spacial score (nSPS) is 16.5. The molecule has 12 heteroatoms. The molecule has 0 unspecified atom stereocenters. The molecular weight excluding hydrogens is 378 g/mol. The van der Waals surface area contributed by atoms with Crippen LogP contribution in [0.5, 0.6) is 0 Å². The molecule has 1 fully saturated rings. The van der Waals surface area contributed by atoms with Crippen LogP contribution >= 0.6 is 0 Å². The summed E-state index contributed by atoms with van der Waals surface area (Å²) in [7, 11) is 0. The Morgan fingerprint density at radius 1 is 1.11 bits per heavy atom. The van der Waals surface area contributed by atoms with E-state index in [1.165, 1.54) is 0 Å². The predicted octanol–water partition coefficient (Wildman–Crippen LogP) is 3.09. The standard InChI is InChI=1S/C15H16F6N6/c16-14(17,18)8-27-7-9(5-24-27)12-11(15(19,20)21)6-23-13(26-12)25-10-1-3-22-4-2-10/h5-7,10,22H,1-4,8H2,(H,23,25,26).